The fourth-order valence-corrected chi connectivity index (χ4v) is 8.48. The number of rotatable bonds is 6. The molecule has 1 aromatic heterocycles. The van der Waals surface area contributed by atoms with Gasteiger partial charge in [0, 0.05) is 34.2 Å². The Labute approximate surface area is 241 Å². The van der Waals surface area contributed by atoms with E-state index in [0.29, 0.717) is 6.42 Å². The number of carbonyl (C=O) groups is 2. The molecule has 7 heteroatoms. The highest BCUT2D eigenvalue weighted by molar-refractivity contribution is 6.27. The third-order valence-electron chi connectivity index (χ3n) is 9.72. The Bertz CT molecular complexity index is 1400. The Morgan fingerprint density at radius 2 is 1.88 bits per heavy atom. The molecule has 2 bridgehead atoms. The Kier molecular flexibility index (Phi) is 7.32. The third kappa shape index (κ3) is 4.78. The summed E-state index contributed by atoms with van der Waals surface area (Å²) >= 11 is 6.11. The van der Waals surface area contributed by atoms with Crippen molar-refractivity contribution in [3.63, 3.8) is 0 Å². The van der Waals surface area contributed by atoms with Gasteiger partial charge in [0.2, 0.25) is 5.91 Å². The number of halogens is 1. The van der Waals surface area contributed by atoms with Gasteiger partial charge in [0.1, 0.15) is 11.9 Å². The van der Waals surface area contributed by atoms with Gasteiger partial charge in [-0.1, -0.05) is 50.6 Å². The Balaban J connectivity index is 1.38. The van der Waals surface area contributed by atoms with Crippen LogP contribution in [0.4, 0.5) is 5.69 Å². The van der Waals surface area contributed by atoms with Crippen LogP contribution in [0.3, 0.4) is 0 Å². The number of fused-ring (bicyclic) bond motifs is 5. The maximum absolute atomic E-state index is 13.3. The largest absolute Gasteiger partial charge is 0.467 e. The summed E-state index contributed by atoms with van der Waals surface area (Å²) in [7, 11) is 1.37. The number of benzene rings is 2. The third-order valence-corrected chi connectivity index (χ3v) is 9.95. The molecule has 212 valence electrons. The van der Waals surface area contributed by atoms with Gasteiger partial charge < -0.3 is 19.9 Å². The number of aromatic nitrogens is 1. The number of esters is 1. The number of nitrogens with one attached hydrogen (secondary N) is 2. The molecule has 3 aliphatic rings. The van der Waals surface area contributed by atoms with Gasteiger partial charge in [0.05, 0.1) is 13.2 Å². The van der Waals surface area contributed by atoms with E-state index in [4.69, 9.17) is 16.3 Å². The van der Waals surface area contributed by atoms with Crippen LogP contribution in [0, 0.1) is 17.8 Å². The first-order valence-corrected chi connectivity index (χ1v) is 15.3. The minimum Gasteiger partial charge on any atom is -0.467 e. The molecule has 6 rings (SSSR count). The summed E-state index contributed by atoms with van der Waals surface area (Å²) in [5, 5.41) is 5.05. The lowest BCUT2D eigenvalue weighted by Crippen LogP contribution is -2.52. The molecule has 2 aliphatic carbocycles. The predicted octanol–water partition coefficient (Wildman–Crippen LogP) is 6.83. The van der Waals surface area contributed by atoms with Crippen LogP contribution in [0.15, 0.2) is 48.5 Å². The van der Waals surface area contributed by atoms with E-state index in [2.05, 4.69) is 54.5 Å². The number of H-pyrrole nitrogens is 1. The molecule has 1 amide bonds. The van der Waals surface area contributed by atoms with E-state index < -0.39 is 18.1 Å². The average molecular weight is 562 g/mol. The highest BCUT2D eigenvalue weighted by atomic mass is 35.5. The molecule has 6 nitrogen and oxygen atoms in total. The van der Waals surface area contributed by atoms with Crippen molar-refractivity contribution in [2.45, 2.75) is 76.4 Å². The van der Waals surface area contributed by atoms with Gasteiger partial charge in [-0.05, 0) is 79.2 Å². The predicted molar refractivity (Wildman–Crippen MR) is 160 cm³/mol. The lowest BCUT2D eigenvalue weighted by atomic mass is 9.60. The van der Waals surface area contributed by atoms with E-state index in [1.165, 1.54) is 45.6 Å². The van der Waals surface area contributed by atoms with Gasteiger partial charge in [-0.25, -0.2) is 4.79 Å². The number of ether oxygens (including phenoxy) is 1. The second-order valence-electron chi connectivity index (χ2n) is 12.5. The number of anilines is 1. The number of carbonyl (C=O) groups excluding carboxylic acids is 2. The second kappa shape index (κ2) is 10.8. The van der Waals surface area contributed by atoms with Gasteiger partial charge in [0.25, 0.3) is 0 Å². The number of hydrogen-bond donors (Lipinski definition) is 2. The van der Waals surface area contributed by atoms with Crippen molar-refractivity contribution in [1.29, 1.82) is 0 Å². The van der Waals surface area contributed by atoms with Gasteiger partial charge in [-0.2, -0.15) is 0 Å². The summed E-state index contributed by atoms with van der Waals surface area (Å²) in [4.78, 5) is 31.5. The van der Waals surface area contributed by atoms with Crippen molar-refractivity contribution in [2.75, 3.05) is 18.3 Å². The van der Waals surface area contributed by atoms with Crippen molar-refractivity contribution < 1.29 is 14.3 Å². The van der Waals surface area contributed by atoms with Crippen LogP contribution < -0.4 is 5.32 Å². The molecule has 6 atom stereocenters. The van der Waals surface area contributed by atoms with E-state index in [9.17, 15) is 9.59 Å². The van der Waals surface area contributed by atoms with Crippen LogP contribution in [0.25, 0.3) is 10.9 Å². The van der Waals surface area contributed by atoms with Crippen LogP contribution in [-0.2, 0) is 20.7 Å². The number of methoxy groups -OCH3 is 1. The minimum absolute atomic E-state index is 0.147. The van der Waals surface area contributed by atoms with E-state index in [1.807, 2.05) is 18.2 Å². The highest BCUT2D eigenvalue weighted by Gasteiger charge is 2.46. The molecule has 1 aliphatic heterocycles. The van der Waals surface area contributed by atoms with Gasteiger partial charge in [0.15, 0.2) is 0 Å². The molecular weight excluding hydrogens is 522 g/mol. The summed E-state index contributed by atoms with van der Waals surface area (Å²) in [5.74, 6) is 1.40. The fourth-order valence-electron chi connectivity index (χ4n) is 8.34. The molecule has 2 heterocycles. The highest BCUT2D eigenvalue weighted by Crippen LogP contribution is 2.50. The first-order valence-electron chi connectivity index (χ1n) is 14.8. The Morgan fingerprint density at radius 1 is 1.10 bits per heavy atom. The van der Waals surface area contributed by atoms with Gasteiger partial charge in [-0.15, -0.1) is 11.6 Å². The minimum atomic E-state index is -0.751. The van der Waals surface area contributed by atoms with Crippen molar-refractivity contribution in [2.24, 2.45) is 17.8 Å². The molecule has 2 saturated carbocycles. The molecule has 0 saturated heterocycles. The van der Waals surface area contributed by atoms with Crippen LogP contribution in [-0.4, -0.2) is 46.3 Å². The summed E-state index contributed by atoms with van der Waals surface area (Å²) in [5.41, 5.74) is 5.16. The molecule has 2 N–H and O–H groups in total. The number of alkyl halides is 1. The lowest BCUT2D eigenvalue weighted by Gasteiger charge is -2.51. The first-order chi connectivity index (χ1) is 19.3. The van der Waals surface area contributed by atoms with Crippen LogP contribution in [0.2, 0.25) is 0 Å². The van der Waals surface area contributed by atoms with Crippen molar-refractivity contribution in [3.8, 4) is 0 Å². The van der Waals surface area contributed by atoms with Crippen LogP contribution in [0.5, 0.6) is 0 Å². The molecule has 2 aromatic carbocycles. The SMILES string of the molecule is CCC1C[C@@H]2C[C@H](C)C[C@](Nc3ccc([C@H]4c5[nH]c6ccccc6c5C[C@H](C(=O)OC)N4C(=O)CCl)cc3)(C1)C2. The Morgan fingerprint density at radius 3 is 2.60 bits per heavy atom. The van der Waals surface area contributed by atoms with Crippen LogP contribution >= 0.6 is 11.6 Å². The van der Waals surface area contributed by atoms with E-state index >= 15 is 0 Å². The normalized spacial score (nSPS) is 29.6. The molecule has 2 fully saturated rings. The molecule has 40 heavy (non-hydrogen) atoms. The summed E-state index contributed by atoms with van der Waals surface area (Å²) in [6.45, 7) is 4.73. The topological polar surface area (TPSA) is 74.4 Å². The zero-order chi connectivity index (χ0) is 28.0. The molecule has 3 aromatic rings. The van der Waals surface area contributed by atoms with Crippen molar-refractivity contribution in [1.82, 2.24) is 9.88 Å². The average Bonchev–Trinajstić information content (AvgIpc) is 3.33. The number of nitrogens with zero attached hydrogens (tertiary/aromatic N) is 1. The molecule has 1 unspecified atom stereocenters. The first kappa shape index (κ1) is 27.2. The second-order valence-corrected chi connectivity index (χ2v) is 12.8. The number of aromatic amines is 1. The van der Waals surface area contributed by atoms with Crippen LogP contribution in [0.1, 0.15) is 75.2 Å². The molecule has 0 radical (unpaired) electrons. The number of amides is 1. The zero-order valence-corrected chi connectivity index (χ0v) is 24.5. The molecular formula is C33H40ClN3O3. The van der Waals surface area contributed by atoms with Crippen molar-refractivity contribution in [3.05, 3.63) is 65.4 Å². The number of para-hydroxylation sites is 1. The standard InChI is InChI=1S/C33H40ClN3O3/c1-4-21-14-22-13-20(2)16-33(17-21,18-22)36-24-11-9-23(10-12-24)31-30-26(25-7-5-6-8-27(25)35-30)15-28(32(39)40-3)37(31)29(38)19-34/h5-12,20-22,28,31,35-36H,4,13-19H2,1-3H3/t20-,21?,22-,28+,31-,33-/m0/s1. The smallest absolute Gasteiger partial charge is 0.328 e. The van der Waals surface area contributed by atoms with E-state index in [1.54, 1.807) is 4.90 Å². The maximum Gasteiger partial charge on any atom is 0.328 e. The fraction of sp³-hybridized carbons (Fsp3) is 0.515. The number of hydrogen-bond acceptors (Lipinski definition) is 4. The van der Waals surface area contributed by atoms with Gasteiger partial charge >= 0.3 is 5.97 Å². The van der Waals surface area contributed by atoms with E-state index in [0.717, 1.165) is 51.2 Å². The lowest BCUT2D eigenvalue weighted by molar-refractivity contribution is -0.154. The molecule has 0 spiro atoms. The quantitative estimate of drug-likeness (QED) is 0.255. The van der Waals surface area contributed by atoms with E-state index in [-0.39, 0.29) is 17.3 Å². The van der Waals surface area contributed by atoms with Gasteiger partial charge in [-0.3, -0.25) is 4.79 Å². The summed E-state index contributed by atoms with van der Waals surface area (Å²) < 4.78 is 5.17. The monoisotopic (exact) mass is 561 g/mol. The summed E-state index contributed by atoms with van der Waals surface area (Å²) in [6, 6.07) is 15.3. The summed E-state index contributed by atoms with van der Waals surface area (Å²) in [6.07, 6.45) is 8.02. The zero-order valence-electron chi connectivity index (χ0n) is 23.7. The maximum atomic E-state index is 13.3. The Hall–Kier alpha value is -2.99. The van der Waals surface area contributed by atoms with Crippen molar-refractivity contribution >= 4 is 40.1 Å².